The number of carbonyl (C=O) groups excluding carboxylic acids is 1. The van der Waals surface area contributed by atoms with Crippen LogP contribution in [-0.4, -0.2) is 26.1 Å². The molecule has 1 heterocycles. The molecule has 0 saturated carbocycles. The van der Waals surface area contributed by atoms with Gasteiger partial charge in [0.15, 0.2) is 0 Å². The van der Waals surface area contributed by atoms with E-state index in [-0.39, 0.29) is 5.91 Å². The number of ether oxygens (including phenoxy) is 1. The number of rotatable bonds is 6. The van der Waals surface area contributed by atoms with Crippen molar-refractivity contribution in [3.8, 4) is 5.75 Å². The number of nitrogens with one attached hydrogen (secondary N) is 2. The molecule has 1 aromatic carbocycles. The molecule has 1 aliphatic heterocycles. The summed E-state index contributed by atoms with van der Waals surface area (Å²) in [7, 11) is 1.67. The average molecular weight is 276 g/mol. The highest BCUT2D eigenvalue weighted by atomic mass is 16.5. The van der Waals surface area contributed by atoms with Crippen LogP contribution in [0.2, 0.25) is 0 Å². The van der Waals surface area contributed by atoms with Gasteiger partial charge in [-0.15, -0.1) is 0 Å². The Labute approximate surface area is 120 Å². The minimum Gasteiger partial charge on any atom is -0.496 e. The fourth-order valence-electron chi connectivity index (χ4n) is 2.56. The molecule has 110 valence electrons. The van der Waals surface area contributed by atoms with Crippen LogP contribution in [0, 0.1) is 12.8 Å². The van der Waals surface area contributed by atoms with Gasteiger partial charge in [-0.25, -0.2) is 0 Å². The van der Waals surface area contributed by atoms with Crippen LogP contribution < -0.4 is 15.4 Å². The van der Waals surface area contributed by atoms with E-state index in [9.17, 15) is 4.79 Å². The molecule has 1 saturated heterocycles. The number of hydrogen-bond donors (Lipinski definition) is 2. The van der Waals surface area contributed by atoms with Gasteiger partial charge in [-0.05, 0) is 56.0 Å². The van der Waals surface area contributed by atoms with Crippen LogP contribution in [0.1, 0.15) is 30.4 Å². The number of methoxy groups -OCH3 is 1. The summed E-state index contributed by atoms with van der Waals surface area (Å²) in [5, 5.41) is 6.31. The molecule has 1 aromatic rings. The van der Waals surface area contributed by atoms with Crippen LogP contribution in [0.4, 0.5) is 0 Å². The summed E-state index contributed by atoms with van der Waals surface area (Å²) >= 11 is 0. The Kier molecular flexibility index (Phi) is 5.41. The van der Waals surface area contributed by atoms with Crippen molar-refractivity contribution in [2.24, 2.45) is 5.92 Å². The fourth-order valence-corrected chi connectivity index (χ4v) is 2.56. The van der Waals surface area contributed by atoms with Gasteiger partial charge in [-0.3, -0.25) is 4.79 Å². The van der Waals surface area contributed by atoms with Gasteiger partial charge in [0.2, 0.25) is 5.91 Å². The first kappa shape index (κ1) is 14.9. The summed E-state index contributed by atoms with van der Waals surface area (Å²) in [5.74, 6) is 1.67. The van der Waals surface area contributed by atoms with E-state index in [1.54, 1.807) is 7.11 Å². The minimum atomic E-state index is 0.136. The van der Waals surface area contributed by atoms with Crippen molar-refractivity contribution in [2.75, 3.05) is 20.2 Å². The van der Waals surface area contributed by atoms with Crippen molar-refractivity contribution in [1.29, 1.82) is 0 Å². The first-order valence-corrected chi connectivity index (χ1v) is 7.30. The second-order valence-electron chi connectivity index (χ2n) is 5.48. The Morgan fingerprint density at radius 3 is 3.05 bits per heavy atom. The monoisotopic (exact) mass is 276 g/mol. The lowest BCUT2D eigenvalue weighted by molar-refractivity contribution is -0.121. The topological polar surface area (TPSA) is 50.4 Å². The van der Waals surface area contributed by atoms with Crippen LogP contribution in [0.25, 0.3) is 0 Å². The molecule has 1 fully saturated rings. The van der Waals surface area contributed by atoms with Crippen LogP contribution in [0.3, 0.4) is 0 Å². The SMILES string of the molecule is COc1cc(CNC(=O)CCC2CCNC2)ccc1C. The lowest BCUT2D eigenvalue weighted by Crippen LogP contribution is -2.23. The van der Waals surface area contributed by atoms with Gasteiger partial charge in [0.05, 0.1) is 7.11 Å². The third kappa shape index (κ3) is 4.23. The first-order chi connectivity index (χ1) is 9.69. The van der Waals surface area contributed by atoms with Crippen molar-refractivity contribution in [3.63, 3.8) is 0 Å². The molecule has 4 nitrogen and oxygen atoms in total. The van der Waals surface area contributed by atoms with Crippen LogP contribution in [0.15, 0.2) is 18.2 Å². The third-order valence-electron chi connectivity index (χ3n) is 3.90. The van der Waals surface area contributed by atoms with E-state index in [1.807, 2.05) is 25.1 Å². The summed E-state index contributed by atoms with van der Waals surface area (Å²) in [6.07, 6.45) is 2.80. The molecule has 0 spiro atoms. The molecule has 0 radical (unpaired) electrons. The molecule has 1 atom stereocenters. The predicted octanol–water partition coefficient (Wildman–Crippen LogP) is 2.01. The van der Waals surface area contributed by atoms with Gasteiger partial charge in [-0.1, -0.05) is 12.1 Å². The molecule has 2 rings (SSSR count). The highest BCUT2D eigenvalue weighted by Crippen LogP contribution is 2.19. The van der Waals surface area contributed by atoms with E-state index in [2.05, 4.69) is 10.6 Å². The lowest BCUT2D eigenvalue weighted by Gasteiger charge is -2.10. The smallest absolute Gasteiger partial charge is 0.220 e. The molecular formula is C16H24N2O2. The maximum absolute atomic E-state index is 11.8. The van der Waals surface area contributed by atoms with E-state index in [4.69, 9.17) is 4.74 Å². The Balaban J connectivity index is 1.74. The number of amides is 1. The van der Waals surface area contributed by atoms with Gasteiger partial charge < -0.3 is 15.4 Å². The zero-order chi connectivity index (χ0) is 14.4. The fraction of sp³-hybridized carbons (Fsp3) is 0.562. The van der Waals surface area contributed by atoms with E-state index in [0.717, 1.165) is 36.4 Å². The van der Waals surface area contributed by atoms with E-state index < -0.39 is 0 Å². The van der Waals surface area contributed by atoms with Crippen LogP contribution in [0.5, 0.6) is 5.75 Å². The highest BCUT2D eigenvalue weighted by Gasteiger charge is 2.15. The van der Waals surface area contributed by atoms with E-state index in [1.165, 1.54) is 6.42 Å². The Bertz CT molecular complexity index is 454. The van der Waals surface area contributed by atoms with Crippen LogP contribution >= 0.6 is 0 Å². The van der Waals surface area contributed by atoms with Gasteiger partial charge >= 0.3 is 0 Å². The molecule has 0 aromatic heterocycles. The summed E-state index contributed by atoms with van der Waals surface area (Å²) in [6, 6.07) is 6.03. The van der Waals surface area contributed by atoms with E-state index in [0.29, 0.717) is 18.9 Å². The first-order valence-electron chi connectivity index (χ1n) is 7.30. The highest BCUT2D eigenvalue weighted by molar-refractivity contribution is 5.75. The van der Waals surface area contributed by atoms with E-state index >= 15 is 0 Å². The summed E-state index contributed by atoms with van der Waals surface area (Å²) in [6.45, 7) is 4.73. The van der Waals surface area contributed by atoms with Crippen molar-refractivity contribution in [2.45, 2.75) is 32.7 Å². The zero-order valence-corrected chi connectivity index (χ0v) is 12.4. The number of aryl methyl sites for hydroxylation is 1. The Morgan fingerprint density at radius 1 is 1.50 bits per heavy atom. The summed E-state index contributed by atoms with van der Waals surface area (Å²) < 4.78 is 5.29. The lowest BCUT2D eigenvalue weighted by atomic mass is 10.0. The predicted molar refractivity (Wildman–Crippen MR) is 79.8 cm³/mol. The molecule has 1 aliphatic rings. The summed E-state index contributed by atoms with van der Waals surface area (Å²) in [5.41, 5.74) is 2.18. The normalized spacial score (nSPS) is 18.0. The molecule has 2 N–H and O–H groups in total. The largest absolute Gasteiger partial charge is 0.496 e. The van der Waals surface area contributed by atoms with Gasteiger partial charge in [0.25, 0.3) is 0 Å². The zero-order valence-electron chi connectivity index (χ0n) is 12.4. The molecule has 20 heavy (non-hydrogen) atoms. The molecule has 4 heteroatoms. The maximum atomic E-state index is 11.8. The number of carbonyl (C=O) groups is 1. The second-order valence-corrected chi connectivity index (χ2v) is 5.48. The van der Waals surface area contributed by atoms with Crippen molar-refractivity contribution < 1.29 is 9.53 Å². The van der Waals surface area contributed by atoms with Crippen molar-refractivity contribution >= 4 is 5.91 Å². The molecule has 1 amide bonds. The quantitative estimate of drug-likeness (QED) is 0.835. The van der Waals surface area contributed by atoms with Gasteiger partial charge in [-0.2, -0.15) is 0 Å². The average Bonchev–Trinajstić information content (AvgIpc) is 2.97. The Hall–Kier alpha value is -1.55. The molecule has 1 unspecified atom stereocenters. The van der Waals surface area contributed by atoms with Crippen LogP contribution in [-0.2, 0) is 11.3 Å². The Morgan fingerprint density at radius 2 is 2.35 bits per heavy atom. The van der Waals surface area contributed by atoms with Gasteiger partial charge in [0, 0.05) is 13.0 Å². The molecule has 0 aliphatic carbocycles. The standard InChI is InChI=1S/C16H24N2O2/c1-12-3-4-14(9-15(12)20-2)11-18-16(19)6-5-13-7-8-17-10-13/h3-4,9,13,17H,5-8,10-11H2,1-2H3,(H,18,19). The third-order valence-corrected chi connectivity index (χ3v) is 3.90. The number of hydrogen-bond acceptors (Lipinski definition) is 3. The van der Waals surface area contributed by atoms with Crippen molar-refractivity contribution in [1.82, 2.24) is 10.6 Å². The number of benzene rings is 1. The molecule has 0 bridgehead atoms. The minimum absolute atomic E-state index is 0.136. The van der Waals surface area contributed by atoms with Crippen molar-refractivity contribution in [3.05, 3.63) is 29.3 Å². The summed E-state index contributed by atoms with van der Waals surface area (Å²) in [4.78, 5) is 11.8. The van der Waals surface area contributed by atoms with Gasteiger partial charge in [0.1, 0.15) is 5.75 Å². The maximum Gasteiger partial charge on any atom is 0.220 e. The second kappa shape index (κ2) is 7.29. The molecular weight excluding hydrogens is 252 g/mol.